The zero-order chi connectivity index (χ0) is 15.5. The molecular weight excluding hydrogens is 276 g/mol. The van der Waals surface area contributed by atoms with E-state index in [1.54, 1.807) is 6.33 Å². The topological polar surface area (TPSA) is 58.1 Å². The molecule has 2 aromatic rings. The summed E-state index contributed by atoms with van der Waals surface area (Å²) in [6.45, 7) is 6.12. The molecule has 1 N–H and O–H groups in total. The number of amides is 1. The number of hydrogen-bond acceptors (Lipinski definition) is 4. The Morgan fingerprint density at radius 2 is 2.09 bits per heavy atom. The van der Waals surface area contributed by atoms with Crippen LogP contribution in [0.2, 0.25) is 0 Å². The van der Waals surface area contributed by atoms with Crippen molar-refractivity contribution in [3.05, 3.63) is 30.1 Å². The van der Waals surface area contributed by atoms with Gasteiger partial charge in [-0.25, -0.2) is 9.97 Å². The Morgan fingerprint density at radius 3 is 2.82 bits per heavy atom. The van der Waals surface area contributed by atoms with E-state index >= 15 is 0 Å². The Kier molecular flexibility index (Phi) is 4.22. The van der Waals surface area contributed by atoms with Gasteiger partial charge in [0.1, 0.15) is 12.1 Å². The molecule has 0 radical (unpaired) electrons. The van der Waals surface area contributed by atoms with E-state index in [0.717, 1.165) is 36.2 Å². The Balaban J connectivity index is 1.97. The molecule has 116 valence electrons. The number of nitrogens with zero attached hydrogens (tertiary/aromatic N) is 3. The predicted octanol–water partition coefficient (Wildman–Crippen LogP) is 2.76. The van der Waals surface area contributed by atoms with Crippen LogP contribution in [0, 0.1) is 0 Å². The summed E-state index contributed by atoms with van der Waals surface area (Å²) < 4.78 is 0. The molecule has 1 unspecified atom stereocenters. The third-order valence-electron chi connectivity index (χ3n) is 4.27. The maximum Gasteiger partial charge on any atom is 0.251 e. The average Bonchev–Trinajstić information content (AvgIpc) is 3.07. The molecule has 1 aliphatic heterocycles. The van der Waals surface area contributed by atoms with Crippen LogP contribution in [0.4, 0.5) is 5.82 Å². The van der Waals surface area contributed by atoms with Crippen LogP contribution < -0.4 is 10.2 Å². The molecule has 1 aliphatic rings. The number of rotatable bonds is 4. The first-order valence-electron chi connectivity index (χ1n) is 7.99. The number of benzene rings is 1. The van der Waals surface area contributed by atoms with E-state index in [9.17, 15) is 4.79 Å². The fourth-order valence-electron chi connectivity index (χ4n) is 2.77. The van der Waals surface area contributed by atoms with Crippen molar-refractivity contribution >= 4 is 22.6 Å². The molecule has 3 rings (SSSR count). The molecule has 0 aliphatic carbocycles. The van der Waals surface area contributed by atoms with Crippen LogP contribution in [0.15, 0.2) is 24.5 Å². The van der Waals surface area contributed by atoms with Crippen LogP contribution in [-0.2, 0) is 0 Å². The summed E-state index contributed by atoms with van der Waals surface area (Å²) in [4.78, 5) is 23.4. The molecule has 1 aromatic heterocycles. The van der Waals surface area contributed by atoms with Crippen molar-refractivity contribution in [2.45, 2.75) is 39.2 Å². The van der Waals surface area contributed by atoms with Gasteiger partial charge in [-0.3, -0.25) is 4.79 Å². The first kappa shape index (κ1) is 14.8. The lowest BCUT2D eigenvalue weighted by molar-refractivity contribution is 0.0939. The summed E-state index contributed by atoms with van der Waals surface area (Å²) in [5.41, 5.74) is 1.56. The number of nitrogens with one attached hydrogen (secondary N) is 1. The van der Waals surface area contributed by atoms with Gasteiger partial charge in [-0.05, 0) is 44.4 Å². The van der Waals surface area contributed by atoms with E-state index in [0.29, 0.717) is 5.56 Å². The summed E-state index contributed by atoms with van der Waals surface area (Å²) in [6.07, 6.45) is 4.91. The second-order valence-electron chi connectivity index (χ2n) is 5.91. The minimum atomic E-state index is -0.0347. The molecule has 0 bridgehead atoms. The highest BCUT2D eigenvalue weighted by Crippen LogP contribution is 2.26. The highest BCUT2D eigenvalue weighted by Gasteiger charge is 2.18. The molecule has 1 amide bonds. The quantitative estimate of drug-likeness (QED) is 0.943. The van der Waals surface area contributed by atoms with Crippen molar-refractivity contribution in [3.63, 3.8) is 0 Å². The van der Waals surface area contributed by atoms with Crippen LogP contribution in [0.5, 0.6) is 0 Å². The minimum absolute atomic E-state index is 0.0347. The zero-order valence-electron chi connectivity index (χ0n) is 13.2. The Hall–Kier alpha value is -2.17. The monoisotopic (exact) mass is 298 g/mol. The van der Waals surface area contributed by atoms with Crippen LogP contribution in [0.3, 0.4) is 0 Å². The van der Waals surface area contributed by atoms with Gasteiger partial charge in [-0.15, -0.1) is 0 Å². The zero-order valence-corrected chi connectivity index (χ0v) is 13.2. The number of anilines is 1. The highest BCUT2D eigenvalue weighted by atomic mass is 16.1. The lowest BCUT2D eigenvalue weighted by Crippen LogP contribution is -2.31. The molecular formula is C17H22N4O. The molecule has 1 atom stereocenters. The van der Waals surface area contributed by atoms with Gasteiger partial charge in [0.2, 0.25) is 0 Å². The van der Waals surface area contributed by atoms with Crippen LogP contribution >= 0.6 is 0 Å². The standard InChI is InChI=1S/C17H22N4O/c1-3-12(2)20-17(22)13-6-7-15-14(10-13)16(19-11-18-15)21-8-4-5-9-21/h6-7,10-12H,3-5,8-9H2,1-2H3,(H,20,22). The number of hydrogen-bond donors (Lipinski definition) is 1. The van der Waals surface area contributed by atoms with Gasteiger partial charge < -0.3 is 10.2 Å². The normalized spacial score (nSPS) is 16.0. The van der Waals surface area contributed by atoms with Gasteiger partial charge in [-0.2, -0.15) is 0 Å². The maximum absolute atomic E-state index is 12.3. The number of carbonyl (C=O) groups excluding carboxylic acids is 1. The van der Waals surface area contributed by atoms with Crippen molar-refractivity contribution < 1.29 is 4.79 Å². The van der Waals surface area contributed by atoms with Gasteiger partial charge in [-0.1, -0.05) is 6.92 Å². The first-order valence-corrected chi connectivity index (χ1v) is 7.99. The van der Waals surface area contributed by atoms with Crippen LogP contribution in [0.1, 0.15) is 43.5 Å². The molecule has 5 heteroatoms. The largest absolute Gasteiger partial charge is 0.356 e. The SMILES string of the molecule is CCC(C)NC(=O)c1ccc2ncnc(N3CCCC3)c2c1. The Morgan fingerprint density at radius 1 is 1.32 bits per heavy atom. The minimum Gasteiger partial charge on any atom is -0.356 e. The first-order chi connectivity index (χ1) is 10.7. The van der Waals surface area contributed by atoms with E-state index in [1.165, 1.54) is 12.8 Å². The highest BCUT2D eigenvalue weighted by molar-refractivity contribution is 6.00. The maximum atomic E-state index is 12.3. The number of aromatic nitrogens is 2. The second kappa shape index (κ2) is 6.30. The van der Waals surface area contributed by atoms with Gasteiger partial charge in [0.25, 0.3) is 5.91 Å². The van der Waals surface area contributed by atoms with Gasteiger partial charge in [0.05, 0.1) is 5.52 Å². The van der Waals surface area contributed by atoms with Crippen molar-refractivity contribution in [2.24, 2.45) is 0 Å². The molecule has 5 nitrogen and oxygen atoms in total. The van der Waals surface area contributed by atoms with Gasteiger partial charge in [0, 0.05) is 30.1 Å². The molecule has 0 spiro atoms. The van der Waals surface area contributed by atoms with Crippen LogP contribution in [-0.4, -0.2) is 35.0 Å². The Bertz CT molecular complexity index is 679. The van der Waals surface area contributed by atoms with Crippen molar-refractivity contribution in [2.75, 3.05) is 18.0 Å². The summed E-state index contributed by atoms with van der Waals surface area (Å²) >= 11 is 0. The third-order valence-corrected chi connectivity index (χ3v) is 4.27. The molecule has 1 aromatic carbocycles. The lowest BCUT2D eigenvalue weighted by Gasteiger charge is -2.18. The summed E-state index contributed by atoms with van der Waals surface area (Å²) in [5.74, 6) is 0.910. The van der Waals surface area contributed by atoms with Crippen LogP contribution in [0.25, 0.3) is 10.9 Å². The van der Waals surface area contributed by atoms with Crippen molar-refractivity contribution in [3.8, 4) is 0 Å². The van der Waals surface area contributed by atoms with E-state index in [1.807, 2.05) is 25.1 Å². The predicted molar refractivity (Wildman–Crippen MR) is 88.2 cm³/mol. The van der Waals surface area contributed by atoms with Gasteiger partial charge in [0.15, 0.2) is 0 Å². The summed E-state index contributed by atoms with van der Waals surface area (Å²) in [6, 6.07) is 5.83. The second-order valence-corrected chi connectivity index (χ2v) is 5.91. The third kappa shape index (κ3) is 2.89. The summed E-state index contributed by atoms with van der Waals surface area (Å²) in [5, 5.41) is 3.97. The number of carbonyl (C=O) groups is 1. The fraction of sp³-hybridized carbons (Fsp3) is 0.471. The van der Waals surface area contributed by atoms with Crippen molar-refractivity contribution in [1.29, 1.82) is 0 Å². The van der Waals surface area contributed by atoms with E-state index < -0.39 is 0 Å². The molecule has 1 saturated heterocycles. The fourth-order valence-corrected chi connectivity index (χ4v) is 2.77. The van der Waals surface area contributed by atoms with E-state index in [2.05, 4.69) is 27.1 Å². The summed E-state index contributed by atoms with van der Waals surface area (Å²) in [7, 11) is 0. The number of fused-ring (bicyclic) bond motifs is 1. The Labute approximate surface area is 130 Å². The molecule has 2 heterocycles. The smallest absolute Gasteiger partial charge is 0.251 e. The molecule has 0 saturated carbocycles. The van der Waals surface area contributed by atoms with E-state index in [-0.39, 0.29) is 11.9 Å². The average molecular weight is 298 g/mol. The van der Waals surface area contributed by atoms with Crippen molar-refractivity contribution in [1.82, 2.24) is 15.3 Å². The van der Waals surface area contributed by atoms with E-state index in [4.69, 9.17) is 0 Å². The molecule has 1 fully saturated rings. The lowest BCUT2D eigenvalue weighted by atomic mass is 10.1. The molecule has 22 heavy (non-hydrogen) atoms. The van der Waals surface area contributed by atoms with Gasteiger partial charge >= 0.3 is 0 Å².